The maximum absolute atomic E-state index is 13.0. The molecule has 182 valence electrons. The molecule has 4 rings (SSSR count). The lowest BCUT2D eigenvalue weighted by Crippen LogP contribution is -2.50. The van der Waals surface area contributed by atoms with E-state index in [4.69, 9.17) is 9.47 Å². The van der Waals surface area contributed by atoms with Gasteiger partial charge in [-0.05, 0) is 42.5 Å². The molecule has 2 aliphatic rings. The van der Waals surface area contributed by atoms with Crippen LogP contribution in [0.15, 0.2) is 54.6 Å². The van der Waals surface area contributed by atoms with Crippen molar-refractivity contribution in [3.05, 3.63) is 65.7 Å². The summed E-state index contributed by atoms with van der Waals surface area (Å²) in [5.74, 6) is 1.26. The summed E-state index contributed by atoms with van der Waals surface area (Å²) in [5.41, 5.74) is 1.40. The summed E-state index contributed by atoms with van der Waals surface area (Å²) in [7, 11) is 1.64. The van der Waals surface area contributed by atoms with Gasteiger partial charge in [0.25, 0.3) is 0 Å². The zero-order chi connectivity index (χ0) is 23.8. The van der Waals surface area contributed by atoms with E-state index in [2.05, 4.69) is 5.32 Å². The molecule has 0 unspecified atom stereocenters. The van der Waals surface area contributed by atoms with Gasteiger partial charge < -0.3 is 19.7 Å². The molecule has 2 aromatic carbocycles. The highest BCUT2D eigenvalue weighted by Gasteiger charge is 2.41. The average molecular weight is 465 g/mol. The number of alkyl carbamates (subject to hydrolysis) is 1. The molecule has 2 fully saturated rings. The molecule has 6 heteroatoms. The van der Waals surface area contributed by atoms with Crippen LogP contribution in [0, 0.1) is 5.92 Å². The molecular weight excluding hydrogens is 428 g/mol. The molecule has 2 aromatic rings. The number of likely N-dealkylation sites (tertiary alicyclic amines) is 1. The van der Waals surface area contributed by atoms with Crippen molar-refractivity contribution in [2.24, 2.45) is 5.92 Å². The Morgan fingerprint density at radius 3 is 2.29 bits per heavy atom. The van der Waals surface area contributed by atoms with E-state index < -0.39 is 11.7 Å². The standard InChI is InChI=1S/C28H36N2O4/c1-33-25-14-12-22(13-15-25)16-19-29-27(32)34-28(24-10-6-3-7-11-24)17-20-30(21-18-28)26(31)23-8-4-2-5-9-23/h3,6-7,10-15,23H,2,4-5,8-9,16-21H2,1H3,(H,29,32). The number of rotatable bonds is 7. The number of amides is 2. The monoisotopic (exact) mass is 464 g/mol. The minimum atomic E-state index is -0.713. The quantitative estimate of drug-likeness (QED) is 0.622. The molecule has 0 radical (unpaired) electrons. The Bertz CT molecular complexity index is 931. The molecule has 1 saturated carbocycles. The van der Waals surface area contributed by atoms with Crippen molar-refractivity contribution in [3.63, 3.8) is 0 Å². The Balaban J connectivity index is 1.35. The van der Waals surface area contributed by atoms with Crippen molar-refractivity contribution >= 4 is 12.0 Å². The van der Waals surface area contributed by atoms with Crippen LogP contribution in [0.2, 0.25) is 0 Å². The number of carbonyl (C=O) groups is 2. The molecule has 1 N–H and O–H groups in total. The number of nitrogens with one attached hydrogen (secondary N) is 1. The predicted molar refractivity (Wildman–Crippen MR) is 132 cm³/mol. The lowest BCUT2D eigenvalue weighted by Gasteiger charge is -2.42. The largest absolute Gasteiger partial charge is 0.497 e. The van der Waals surface area contributed by atoms with Crippen LogP contribution in [0.4, 0.5) is 4.79 Å². The van der Waals surface area contributed by atoms with Crippen molar-refractivity contribution in [1.29, 1.82) is 0 Å². The van der Waals surface area contributed by atoms with Crippen molar-refractivity contribution in [2.45, 2.75) is 57.0 Å². The van der Waals surface area contributed by atoms with E-state index in [1.165, 1.54) is 6.42 Å². The summed E-state index contributed by atoms with van der Waals surface area (Å²) in [4.78, 5) is 27.8. The van der Waals surface area contributed by atoms with Crippen LogP contribution in [0.1, 0.15) is 56.1 Å². The predicted octanol–water partition coefficient (Wildman–Crippen LogP) is 5.06. The number of nitrogens with zero attached hydrogens (tertiary/aromatic N) is 1. The van der Waals surface area contributed by atoms with Crippen molar-refractivity contribution in [2.75, 3.05) is 26.7 Å². The Morgan fingerprint density at radius 1 is 0.971 bits per heavy atom. The zero-order valence-corrected chi connectivity index (χ0v) is 20.1. The Kier molecular flexibility index (Phi) is 8.09. The number of ether oxygens (including phenoxy) is 2. The normalized spacial score (nSPS) is 18.2. The molecule has 34 heavy (non-hydrogen) atoms. The lowest BCUT2D eigenvalue weighted by atomic mass is 9.82. The molecule has 1 heterocycles. The van der Waals surface area contributed by atoms with Crippen LogP contribution in [0.3, 0.4) is 0 Å². The first-order chi connectivity index (χ1) is 16.6. The molecule has 0 spiro atoms. The van der Waals surface area contributed by atoms with Gasteiger partial charge in [0.2, 0.25) is 5.91 Å². The second kappa shape index (κ2) is 11.4. The Hall–Kier alpha value is -3.02. The fraction of sp³-hybridized carbons (Fsp3) is 0.500. The molecule has 2 amide bonds. The summed E-state index contributed by atoms with van der Waals surface area (Å²) in [5, 5.41) is 2.91. The van der Waals surface area contributed by atoms with Gasteiger partial charge in [-0.2, -0.15) is 0 Å². The highest BCUT2D eigenvalue weighted by molar-refractivity contribution is 5.79. The average Bonchev–Trinajstić information content (AvgIpc) is 2.90. The number of hydrogen-bond donors (Lipinski definition) is 1. The van der Waals surface area contributed by atoms with Gasteiger partial charge in [0.05, 0.1) is 7.11 Å². The third-order valence-electron chi connectivity index (χ3n) is 7.27. The van der Waals surface area contributed by atoms with Crippen molar-refractivity contribution < 1.29 is 19.1 Å². The van der Waals surface area contributed by atoms with Gasteiger partial charge in [0, 0.05) is 38.4 Å². The number of piperidine rings is 1. The molecule has 6 nitrogen and oxygen atoms in total. The van der Waals surface area contributed by atoms with E-state index >= 15 is 0 Å². The number of benzene rings is 2. The van der Waals surface area contributed by atoms with Crippen LogP contribution < -0.4 is 10.1 Å². The minimum Gasteiger partial charge on any atom is -0.497 e. The summed E-state index contributed by atoms with van der Waals surface area (Å²) < 4.78 is 11.3. The maximum atomic E-state index is 13.0. The number of methoxy groups -OCH3 is 1. The van der Waals surface area contributed by atoms with Crippen LogP contribution in [-0.2, 0) is 21.6 Å². The molecule has 1 saturated heterocycles. The first-order valence-corrected chi connectivity index (χ1v) is 12.5. The summed E-state index contributed by atoms with van der Waals surface area (Å²) >= 11 is 0. The van der Waals surface area contributed by atoms with Crippen LogP contribution in [0.25, 0.3) is 0 Å². The lowest BCUT2D eigenvalue weighted by molar-refractivity contribution is -0.141. The molecular formula is C28H36N2O4. The zero-order valence-electron chi connectivity index (χ0n) is 20.1. The Morgan fingerprint density at radius 2 is 1.65 bits per heavy atom. The van der Waals surface area contributed by atoms with Crippen molar-refractivity contribution in [1.82, 2.24) is 10.2 Å². The van der Waals surface area contributed by atoms with E-state index in [-0.39, 0.29) is 11.8 Å². The minimum absolute atomic E-state index is 0.167. The van der Waals surface area contributed by atoms with Crippen LogP contribution in [0.5, 0.6) is 5.75 Å². The van der Waals surface area contributed by atoms with E-state index in [9.17, 15) is 9.59 Å². The van der Waals surface area contributed by atoms with E-state index in [0.29, 0.717) is 38.9 Å². The van der Waals surface area contributed by atoms with Crippen molar-refractivity contribution in [3.8, 4) is 5.75 Å². The number of hydrogen-bond acceptors (Lipinski definition) is 4. The highest BCUT2D eigenvalue weighted by Crippen LogP contribution is 2.38. The third kappa shape index (κ3) is 5.91. The summed E-state index contributed by atoms with van der Waals surface area (Å²) in [6, 6.07) is 17.8. The summed E-state index contributed by atoms with van der Waals surface area (Å²) in [6.07, 6.45) is 7.07. The van der Waals surface area contributed by atoms with Gasteiger partial charge in [-0.1, -0.05) is 61.7 Å². The molecule has 1 aliphatic carbocycles. The van der Waals surface area contributed by atoms with E-state index in [1.807, 2.05) is 59.5 Å². The maximum Gasteiger partial charge on any atom is 0.408 e. The molecule has 0 aromatic heterocycles. The van der Waals surface area contributed by atoms with Gasteiger partial charge >= 0.3 is 6.09 Å². The fourth-order valence-corrected chi connectivity index (χ4v) is 5.20. The topological polar surface area (TPSA) is 67.9 Å². The number of carbonyl (C=O) groups excluding carboxylic acids is 2. The molecule has 1 aliphatic heterocycles. The van der Waals surface area contributed by atoms with Gasteiger partial charge in [-0.15, -0.1) is 0 Å². The summed E-state index contributed by atoms with van der Waals surface area (Å²) in [6.45, 7) is 1.72. The third-order valence-corrected chi connectivity index (χ3v) is 7.27. The SMILES string of the molecule is COc1ccc(CCNC(=O)OC2(c3ccccc3)CCN(C(=O)C3CCCCC3)CC2)cc1. The Labute approximate surface area is 202 Å². The molecule has 0 bridgehead atoms. The fourth-order valence-electron chi connectivity index (χ4n) is 5.20. The van der Waals surface area contributed by atoms with E-state index in [1.54, 1.807) is 7.11 Å². The van der Waals surface area contributed by atoms with Gasteiger partial charge in [0.15, 0.2) is 0 Å². The van der Waals surface area contributed by atoms with E-state index in [0.717, 1.165) is 42.6 Å². The van der Waals surface area contributed by atoms with Gasteiger partial charge in [-0.3, -0.25) is 4.79 Å². The second-order valence-electron chi connectivity index (χ2n) is 9.43. The van der Waals surface area contributed by atoms with Gasteiger partial charge in [0.1, 0.15) is 11.4 Å². The van der Waals surface area contributed by atoms with Crippen LogP contribution >= 0.6 is 0 Å². The molecule has 0 atom stereocenters. The second-order valence-corrected chi connectivity index (χ2v) is 9.43. The smallest absolute Gasteiger partial charge is 0.408 e. The first-order valence-electron chi connectivity index (χ1n) is 12.5. The highest BCUT2D eigenvalue weighted by atomic mass is 16.6. The first kappa shape index (κ1) is 24.1. The van der Waals surface area contributed by atoms with Crippen LogP contribution in [-0.4, -0.2) is 43.6 Å². The van der Waals surface area contributed by atoms with Gasteiger partial charge in [-0.25, -0.2) is 4.79 Å².